The van der Waals surface area contributed by atoms with Gasteiger partial charge >= 0.3 is 0 Å². The van der Waals surface area contributed by atoms with Crippen LogP contribution >= 0.6 is 0 Å². The summed E-state index contributed by atoms with van der Waals surface area (Å²) in [5.41, 5.74) is 3.64. The highest BCUT2D eigenvalue weighted by atomic mass is 15.1. The van der Waals surface area contributed by atoms with E-state index in [1.54, 1.807) is 0 Å². The van der Waals surface area contributed by atoms with Crippen LogP contribution in [0.5, 0.6) is 0 Å². The van der Waals surface area contributed by atoms with E-state index < -0.39 is 0 Å². The van der Waals surface area contributed by atoms with Crippen LogP contribution in [0.4, 0.5) is 5.69 Å². The number of aryl methyl sites for hydroxylation is 1. The second-order valence-corrected chi connectivity index (χ2v) is 4.99. The molecule has 3 heteroatoms. The third kappa shape index (κ3) is 4.35. The predicted octanol–water partition coefficient (Wildman–Crippen LogP) is 2.59. The van der Waals surface area contributed by atoms with Crippen molar-refractivity contribution in [3.05, 3.63) is 23.5 Å². The van der Waals surface area contributed by atoms with Gasteiger partial charge in [-0.15, -0.1) is 0 Å². The normalized spacial score (nSPS) is 10.9. The third-order valence-corrected chi connectivity index (χ3v) is 2.85. The van der Waals surface area contributed by atoms with Gasteiger partial charge in [-0.1, -0.05) is 13.8 Å². The molecule has 1 N–H and O–H groups in total. The van der Waals surface area contributed by atoms with Gasteiger partial charge in [-0.25, -0.2) is 0 Å². The van der Waals surface area contributed by atoms with Gasteiger partial charge < -0.3 is 10.2 Å². The molecule has 96 valence electrons. The average molecular weight is 235 g/mol. The topological polar surface area (TPSA) is 28.2 Å². The lowest BCUT2D eigenvalue weighted by molar-refractivity contribution is 0.551. The van der Waals surface area contributed by atoms with Crippen LogP contribution in [-0.4, -0.2) is 25.1 Å². The molecule has 1 aromatic rings. The van der Waals surface area contributed by atoms with E-state index in [1.165, 1.54) is 11.3 Å². The number of rotatable bonds is 6. The fraction of sp³-hybridized carbons (Fsp3) is 0.643. The second kappa shape index (κ2) is 6.60. The zero-order chi connectivity index (χ0) is 12.8. The lowest BCUT2D eigenvalue weighted by atomic mass is 10.1. The highest BCUT2D eigenvalue weighted by molar-refractivity contribution is 5.52. The number of nitrogens with zero attached hydrogens (tertiary/aromatic N) is 2. The number of pyridine rings is 1. The van der Waals surface area contributed by atoms with Crippen molar-refractivity contribution in [2.24, 2.45) is 5.92 Å². The van der Waals surface area contributed by atoms with Crippen LogP contribution in [0.1, 0.15) is 32.0 Å². The SMILES string of the molecule is CCN(C)c1cc(C)ncc1CNCC(C)C. The number of anilines is 1. The maximum atomic E-state index is 4.39. The lowest BCUT2D eigenvalue weighted by Gasteiger charge is -2.21. The molecule has 0 aliphatic heterocycles. The van der Waals surface area contributed by atoms with E-state index in [4.69, 9.17) is 0 Å². The zero-order valence-electron chi connectivity index (χ0n) is 11.7. The van der Waals surface area contributed by atoms with Crippen molar-refractivity contribution < 1.29 is 0 Å². The Kier molecular flexibility index (Phi) is 5.42. The molecule has 0 unspecified atom stereocenters. The molecule has 0 spiro atoms. The quantitative estimate of drug-likeness (QED) is 0.821. The summed E-state index contributed by atoms with van der Waals surface area (Å²) >= 11 is 0. The summed E-state index contributed by atoms with van der Waals surface area (Å²) in [6.45, 7) is 11.6. The van der Waals surface area contributed by atoms with E-state index in [9.17, 15) is 0 Å². The highest BCUT2D eigenvalue weighted by Gasteiger charge is 2.07. The van der Waals surface area contributed by atoms with Crippen molar-refractivity contribution in [2.45, 2.75) is 34.2 Å². The monoisotopic (exact) mass is 235 g/mol. The van der Waals surface area contributed by atoms with E-state index in [2.05, 4.69) is 49.1 Å². The fourth-order valence-corrected chi connectivity index (χ4v) is 1.73. The van der Waals surface area contributed by atoms with E-state index in [0.717, 1.165) is 25.3 Å². The van der Waals surface area contributed by atoms with Crippen LogP contribution in [0.15, 0.2) is 12.3 Å². The third-order valence-electron chi connectivity index (χ3n) is 2.85. The maximum Gasteiger partial charge on any atom is 0.0442 e. The molecule has 0 amide bonds. The number of hydrogen-bond donors (Lipinski definition) is 1. The average Bonchev–Trinajstić information content (AvgIpc) is 2.29. The van der Waals surface area contributed by atoms with Crippen LogP contribution in [0.25, 0.3) is 0 Å². The van der Waals surface area contributed by atoms with Gasteiger partial charge in [0.2, 0.25) is 0 Å². The standard InChI is InChI=1S/C14H25N3/c1-6-17(5)14-7-12(4)16-10-13(14)9-15-8-11(2)3/h7,10-11,15H,6,8-9H2,1-5H3. The van der Waals surface area contributed by atoms with Crippen molar-refractivity contribution in [3.63, 3.8) is 0 Å². The summed E-state index contributed by atoms with van der Waals surface area (Å²) in [6, 6.07) is 2.16. The molecule has 1 rings (SSSR count). The molecule has 0 aromatic carbocycles. The molecule has 0 aliphatic carbocycles. The molecular weight excluding hydrogens is 210 g/mol. The fourth-order valence-electron chi connectivity index (χ4n) is 1.73. The highest BCUT2D eigenvalue weighted by Crippen LogP contribution is 2.19. The molecule has 0 radical (unpaired) electrons. The molecule has 0 saturated heterocycles. The summed E-state index contributed by atoms with van der Waals surface area (Å²) in [4.78, 5) is 6.65. The Balaban J connectivity index is 2.76. The van der Waals surface area contributed by atoms with E-state index >= 15 is 0 Å². The van der Waals surface area contributed by atoms with Crippen molar-refractivity contribution in [1.82, 2.24) is 10.3 Å². The van der Waals surface area contributed by atoms with Crippen molar-refractivity contribution >= 4 is 5.69 Å². The molecule has 1 aromatic heterocycles. The van der Waals surface area contributed by atoms with Crippen LogP contribution in [-0.2, 0) is 6.54 Å². The Morgan fingerprint density at radius 3 is 2.71 bits per heavy atom. The first-order valence-electron chi connectivity index (χ1n) is 6.42. The largest absolute Gasteiger partial charge is 0.375 e. The Morgan fingerprint density at radius 2 is 2.12 bits per heavy atom. The van der Waals surface area contributed by atoms with Gasteiger partial charge in [-0.3, -0.25) is 4.98 Å². The Bertz CT molecular complexity index is 347. The number of aromatic nitrogens is 1. The number of nitrogens with one attached hydrogen (secondary N) is 1. The second-order valence-electron chi connectivity index (χ2n) is 4.99. The first kappa shape index (κ1) is 14.0. The summed E-state index contributed by atoms with van der Waals surface area (Å²) in [7, 11) is 2.13. The van der Waals surface area contributed by atoms with Crippen LogP contribution in [0, 0.1) is 12.8 Å². The summed E-state index contributed by atoms with van der Waals surface area (Å²) in [5.74, 6) is 0.681. The minimum atomic E-state index is 0.681. The van der Waals surface area contributed by atoms with Gasteiger partial charge in [0, 0.05) is 43.3 Å². The maximum absolute atomic E-state index is 4.39. The molecule has 3 nitrogen and oxygen atoms in total. The van der Waals surface area contributed by atoms with Crippen molar-refractivity contribution in [1.29, 1.82) is 0 Å². The van der Waals surface area contributed by atoms with Gasteiger partial charge in [0.05, 0.1) is 0 Å². The Hall–Kier alpha value is -1.09. The molecule has 17 heavy (non-hydrogen) atoms. The van der Waals surface area contributed by atoms with Gasteiger partial charge in [0.25, 0.3) is 0 Å². The van der Waals surface area contributed by atoms with Crippen molar-refractivity contribution in [2.75, 3.05) is 25.0 Å². The molecule has 0 bridgehead atoms. The molecule has 0 aliphatic rings. The molecular formula is C14H25N3. The van der Waals surface area contributed by atoms with Crippen LogP contribution < -0.4 is 10.2 Å². The number of hydrogen-bond acceptors (Lipinski definition) is 3. The van der Waals surface area contributed by atoms with Crippen LogP contribution in [0.2, 0.25) is 0 Å². The predicted molar refractivity (Wildman–Crippen MR) is 74.5 cm³/mol. The van der Waals surface area contributed by atoms with Gasteiger partial charge in [0.15, 0.2) is 0 Å². The van der Waals surface area contributed by atoms with E-state index in [0.29, 0.717) is 5.92 Å². The Labute approximate surface area is 105 Å². The summed E-state index contributed by atoms with van der Waals surface area (Å²) < 4.78 is 0. The minimum Gasteiger partial charge on any atom is -0.375 e. The van der Waals surface area contributed by atoms with Crippen LogP contribution in [0.3, 0.4) is 0 Å². The van der Waals surface area contributed by atoms with E-state index in [1.807, 2.05) is 13.1 Å². The minimum absolute atomic E-state index is 0.681. The molecule has 0 saturated carbocycles. The smallest absolute Gasteiger partial charge is 0.0442 e. The molecule has 0 fully saturated rings. The summed E-state index contributed by atoms with van der Waals surface area (Å²) in [5, 5.41) is 3.47. The summed E-state index contributed by atoms with van der Waals surface area (Å²) in [6.07, 6.45) is 1.99. The van der Waals surface area contributed by atoms with E-state index in [-0.39, 0.29) is 0 Å². The molecule has 1 heterocycles. The van der Waals surface area contributed by atoms with Crippen molar-refractivity contribution in [3.8, 4) is 0 Å². The van der Waals surface area contributed by atoms with Gasteiger partial charge in [-0.05, 0) is 32.4 Å². The van der Waals surface area contributed by atoms with Gasteiger partial charge in [-0.2, -0.15) is 0 Å². The lowest BCUT2D eigenvalue weighted by Crippen LogP contribution is -2.23. The molecule has 0 atom stereocenters. The Morgan fingerprint density at radius 1 is 1.41 bits per heavy atom. The first-order valence-corrected chi connectivity index (χ1v) is 6.42. The van der Waals surface area contributed by atoms with Gasteiger partial charge in [0.1, 0.15) is 0 Å². The first-order chi connectivity index (χ1) is 8.04. The zero-order valence-corrected chi connectivity index (χ0v) is 11.7.